The minimum absolute atomic E-state index is 0.183. The van der Waals surface area contributed by atoms with Gasteiger partial charge in [0, 0.05) is 13.1 Å². The second-order valence-electron chi connectivity index (χ2n) is 6.31. The van der Waals surface area contributed by atoms with Gasteiger partial charge in [-0.2, -0.15) is 0 Å². The third-order valence-electron chi connectivity index (χ3n) is 4.00. The number of hydrogen-bond donors (Lipinski definition) is 0. The SMILES string of the molecule is C=C(C)CC(C(=O)OCC)N(Cc1ccccc1)Cc1ccccc1. The Morgan fingerprint density at radius 1 is 1.00 bits per heavy atom. The van der Waals surface area contributed by atoms with Crippen molar-refractivity contribution in [3.05, 3.63) is 83.9 Å². The van der Waals surface area contributed by atoms with Crippen LogP contribution in [0, 0.1) is 0 Å². The van der Waals surface area contributed by atoms with E-state index in [0.29, 0.717) is 26.1 Å². The summed E-state index contributed by atoms with van der Waals surface area (Å²) in [5, 5.41) is 0. The van der Waals surface area contributed by atoms with Crippen LogP contribution in [0.5, 0.6) is 0 Å². The van der Waals surface area contributed by atoms with Crippen LogP contribution < -0.4 is 0 Å². The second-order valence-corrected chi connectivity index (χ2v) is 6.31. The van der Waals surface area contributed by atoms with E-state index >= 15 is 0 Å². The number of carbonyl (C=O) groups excluding carboxylic acids is 1. The highest BCUT2D eigenvalue weighted by atomic mass is 16.5. The Labute approximate surface area is 150 Å². The number of hydrogen-bond acceptors (Lipinski definition) is 3. The topological polar surface area (TPSA) is 29.5 Å². The van der Waals surface area contributed by atoms with Crippen LogP contribution in [0.3, 0.4) is 0 Å². The molecule has 0 saturated heterocycles. The van der Waals surface area contributed by atoms with Gasteiger partial charge in [0.2, 0.25) is 0 Å². The van der Waals surface area contributed by atoms with E-state index in [1.165, 1.54) is 11.1 Å². The Kier molecular flexibility index (Phi) is 7.42. The number of ether oxygens (including phenoxy) is 1. The first kappa shape index (κ1) is 18.9. The molecule has 0 radical (unpaired) electrons. The molecule has 0 heterocycles. The molecule has 0 aliphatic rings. The Morgan fingerprint density at radius 3 is 1.88 bits per heavy atom. The maximum absolute atomic E-state index is 12.6. The molecule has 132 valence electrons. The first-order valence-electron chi connectivity index (χ1n) is 8.73. The highest BCUT2D eigenvalue weighted by Crippen LogP contribution is 2.19. The summed E-state index contributed by atoms with van der Waals surface area (Å²) >= 11 is 0. The van der Waals surface area contributed by atoms with Crippen molar-refractivity contribution < 1.29 is 9.53 Å². The molecule has 0 spiro atoms. The van der Waals surface area contributed by atoms with Crippen LogP contribution in [0.25, 0.3) is 0 Å². The van der Waals surface area contributed by atoms with Crippen molar-refractivity contribution in [1.82, 2.24) is 4.90 Å². The zero-order chi connectivity index (χ0) is 18.1. The minimum atomic E-state index is -0.335. The molecule has 25 heavy (non-hydrogen) atoms. The second kappa shape index (κ2) is 9.80. The fourth-order valence-corrected chi connectivity index (χ4v) is 2.84. The van der Waals surface area contributed by atoms with Crippen LogP contribution in [0.15, 0.2) is 72.8 Å². The lowest BCUT2D eigenvalue weighted by Gasteiger charge is -2.30. The van der Waals surface area contributed by atoms with E-state index in [9.17, 15) is 4.79 Å². The van der Waals surface area contributed by atoms with E-state index < -0.39 is 0 Å². The molecule has 0 aliphatic carbocycles. The van der Waals surface area contributed by atoms with E-state index in [-0.39, 0.29) is 12.0 Å². The predicted molar refractivity (Wildman–Crippen MR) is 102 cm³/mol. The first-order valence-corrected chi connectivity index (χ1v) is 8.73. The average Bonchev–Trinajstić information content (AvgIpc) is 2.61. The summed E-state index contributed by atoms with van der Waals surface area (Å²) in [6.07, 6.45) is 0.596. The van der Waals surface area contributed by atoms with Crippen LogP contribution in [0.4, 0.5) is 0 Å². The van der Waals surface area contributed by atoms with Gasteiger partial charge in [0.05, 0.1) is 6.61 Å². The molecule has 0 aliphatic heterocycles. The van der Waals surface area contributed by atoms with Crippen LogP contribution in [-0.4, -0.2) is 23.5 Å². The molecule has 0 saturated carbocycles. The lowest BCUT2D eigenvalue weighted by atomic mass is 10.0. The fourth-order valence-electron chi connectivity index (χ4n) is 2.84. The Bertz CT molecular complexity index is 625. The number of nitrogens with zero attached hydrogens (tertiary/aromatic N) is 1. The van der Waals surface area contributed by atoms with Crippen molar-refractivity contribution in [1.29, 1.82) is 0 Å². The summed E-state index contributed by atoms with van der Waals surface area (Å²) < 4.78 is 5.34. The maximum atomic E-state index is 12.6. The highest BCUT2D eigenvalue weighted by Gasteiger charge is 2.27. The monoisotopic (exact) mass is 337 g/mol. The number of esters is 1. The van der Waals surface area contributed by atoms with Gasteiger partial charge in [-0.05, 0) is 31.4 Å². The van der Waals surface area contributed by atoms with Crippen LogP contribution in [-0.2, 0) is 22.6 Å². The number of carbonyl (C=O) groups is 1. The van der Waals surface area contributed by atoms with Gasteiger partial charge in [-0.25, -0.2) is 0 Å². The van der Waals surface area contributed by atoms with Gasteiger partial charge >= 0.3 is 5.97 Å². The summed E-state index contributed by atoms with van der Waals surface area (Å²) in [7, 11) is 0. The number of rotatable bonds is 9. The molecule has 2 aromatic rings. The summed E-state index contributed by atoms with van der Waals surface area (Å²) in [4.78, 5) is 14.8. The van der Waals surface area contributed by atoms with Crippen molar-refractivity contribution in [3.8, 4) is 0 Å². The minimum Gasteiger partial charge on any atom is -0.465 e. The molecule has 3 heteroatoms. The van der Waals surface area contributed by atoms with E-state index in [1.54, 1.807) is 0 Å². The zero-order valence-corrected chi connectivity index (χ0v) is 15.2. The highest BCUT2D eigenvalue weighted by molar-refractivity contribution is 5.76. The smallest absolute Gasteiger partial charge is 0.323 e. The predicted octanol–water partition coefficient (Wildman–Crippen LogP) is 4.59. The van der Waals surface area contributed by atoms with Gasteiger partial charge in [-0.1, -0.05) is 66.2 Å². The molecular weight excluding hydrogens is 310 g/mol. The molecule has 0 bridgehead atoms. The largest absolute Gasteiger partial charge is 0.465 e. The van der Waals surface area contributed by atoms with Crippen LogP contribution in [0.2, 0.25) is 0 Å². The Morgan fingerprint density at radius 2 is 1.48 bits per heavy atom. The van der Waals surface area contributed by atoms with Crippen molar-refractivity contribution in [2.24, 2.45) is 0 Å². The molecule has 2 rings (SSSR count). The molecule has 2 aromatic carbocycles. The molecule has 0 aromatic heterocycles. The van der Waals surface area contributed by atoms with Crippen LogP contribution in [0.1, 0.15) is 31.4 Å². The maximum Gasteiger partial charge on any atom is 0.323 e. The third-order valence-corrected chi connectivity index (χ3v) is 4.00. The average molecular weight is 337 g/mol. The summed E-state index contributed by atoms with van der Waals surface area (Å²) in [5.74, 6) is -0.183. The molecule has 0 N–H and O–H groups in total. The molecule has 1 unspecified atom stereocenters. The van der Waals surface area contributed by atoms with Crippen molar-refractivity contribution >= 4 is 5.97 Å². The zero-order valence-electron chi connectivity index (χ0n) is 15.2. The van der Waals surface area contributed by atoms with Crippen LogP contribution >= 0.6 is 0 Å². The molecule has 0 amide bonds. The molecular formula is C22H27NO2. The quantitative estimate of drug-likeness (QED) is 0.495. The first-order chi connectivity index (χ1) is 12.1. The summed E-state index contributed by atoms with van der Waals surface area (Å²) in [5.41, 5.74) is 3.33. The van der Waals surface area contributed by atoms with E-state index in [1.807, 2.05) is 50.2 Å². The van der Waals surface area contributed by atoms with Gasteiger partial charge in [0.15, 0.2) is 0 Å². The standard InChI is InChI=1S/C22H27NO2/c1-4-25-22(24)21(15-18(2)3)23(16-19-11-7-5-8-12-19)17-20-13-9-6-10-14-20/h5-14,21H,2,4,15-17H2,1,3H3. The lowest BCUT2D eigenvalue weighted by molar-refractivity contribution is -0.150. The van der Waals surface area contributed by atoms with E-state index in [4.69, 9.17) is 4.74 Å². The van der Waals surface area contributed by atoms with Gasteiger partial charge in [0.25, 0.3) is 0 Å². The fraction of sp³-hybridized carbons (Fsp3) is 0.318. The lowest BCUT2D eigenvalue weighted by Crippen LogP contribution is -2.41. The van der Waals surface area contributed by atoms with Crippen molar-refractivity contribution in [2.45, 2.75) is 39.4 Å². The van der Waals surface area contributed by atoms with Gasteiger partial charge in [-0.3, -0.25) is 9.69 Å². The molecule has 0 fully saturated rings. The van der Waals surface area contributed by atoms with Crippen molar-refractivity contribution in [3.63, 3.8) is 0 Å². The van der Waals surface area contributed by atoms with E-state index in [0.717, 1.165) is 5.57 Å². The van der Waals surface area contributed by atoms with Gasteiger partial charge < -0.3 is 4.74 Å². The Hall–Kier alpha value is -2.39. The number of benzene rings is 2. The van der Waals surface area contributed by atoms with E-state index in [2.05, 4.69) is 35.7 Å². The molecule has 3 nitrogen and oxygen atoms in total. The molecule has 1 atom stereocenters. The summed E-state index contributed by atoms with van der Waals surface area (Å²) in [6, 6.07) is 20.1. The third kappa shape index (κ3) is 6.20. The van der Waals surface area contributed by atoms with Gasteiger partial charge in [-0.15, -0.1) is 6.58 Å². The summed E-state index contributed by atoms with van der Waals surface area (Å²) in [6.45, 7) is 9.55. The van der Waals surface area contributed by atoms with Crippen molar-refractivity contribution in [2.75, 3.05) is 6.61 Å². The Balaban J connectivity index is 2.28. The van der Waals surface area contributed by atoms with Gasteiger partial charge in [0.1, 0.15) is 6.04 Å². The normalized spacial score (nSPS) is 12.0.